The van der Waals surface area contributed by atoms with Crippen LogP contribution in [0.15, 0.2) is 34.7 Å². The number of rotatable bonds is 4. The number of allylic oxidation sites excluding steroid dienone is 4. The highest BCUT2D eigenvalue weighted by atomic mass is 35.5. The molecule has 2 rings (SSSR count). The maximum atomic E-state index is 12.6. The molecule has 2 atom stereocenters. The molecule has 1 aliphatic carbocycles. The Kier molecular flexibility index (Phi) is 5.62. The van der Waals surface area contributed by atoms with Crippen LogP contribution in [0.4, 0.5) is 4.79 Å². The second-order valence-corrected chi connectivity index (χ2v) is 7.32. The number of alkyl halides is 1. The summed E-state index contributed by atoms with van der Waals surface area (Å²) in [5.74, 6) is 0. The first-order chi connectivity index (χ1) is 10.4. The molecule has 2 aliphatic rings. The molecule has 1 saturated heterocycles. The molecule has 22 heavy (non-hydrogen) atoms. The Morgan fingerprint density at radius 2 is 2.27 bits per heavy atom. The second-order valence-electron chi connectivity index (χ2n) is 6.15. The maximum Gasteiger partial charge on any atom is 0.327 e. The van der Waals surface area contributed by atoms with Crippen molar-refractivity contribution >= 4 is 29.2 Å². The number of halogens is 2. The molecule has 2 amide bonds. The number of hydrogen-bond donors (Lipinski definition) is 1. The molecule has 0 aromatic rings. The van der Waals surface area contributed by atoms with Crippen molar-refractivity contribution in [3.8, 4) is 0 Å². The van der Waals surface area contributed by atoms with Gasteiger partial charge in [0.2, 0.25) is 0 Å². The van der Waals surface area contributed by atoms with Gasteiger partial charge in [0.05, 0.1) is 10.9 Å². The van der Waals surface area contributed by atoms with Gasteiger partial charge in [-0.15, -0.1) is 11.6 Å². The summed E-state index contributed by atoms with van der Waals surface area (Å²) in [5.41, 5.74) is 1.48. The Balaban J connectivity index is 2.46. The van der Waals surface area contributed by atoms with Gasteiger partial charge in [0.25, 0.3) is 0 Å². The number of carbonyl (C=O) groups excluding carboxylic acids is 1. The molecule has 0 aromatic carbocycles. The Hall–Kier alpha value is -0.930. The first-order valence-electron chi connectivity index (χ1n) is 7.92. The van der Waals surface area contributed by atoms with E-state index in [4.69, 9.17) is 23.2 Å². The van der Waals surface area contributed by atoms with E-state index in [0.29, 0.717) is 5.03 Å². The molecule has 1 heterocycles. The summed E-state index contributed by atoms with van der Waals surface area (Å²) in [6.45, 7) is 5.96. The zero-order chi connectivity index (χ0) is 16.3. The highest BCUT2D eigenvalue weighted by molar-refractivity contribution is 6.29. The number of hydrogen-bond acceptors (Lipinski definition) is 1. The third-order valence-electron chi connectivity index (χ3n) is 4.16. The van der Waals surface area contributed by atoms with Crippen LogP contribution in [0.5, 0.6) is 0 Å². The first kappa shape index (κ1) is 17.4. The molecule has 1 fully saturated rings. The first-order valence-corrected chi connectivity index (χ1v) is 8.73. The SMILES string of the molecule is CC/C(Cl)=C\C(=C/C(C)Cl)N1C(=O)NC2(C)CCCCC=C12. The lowest BCUT2D eigenvalue weighted by Gasteiger charge is -2.26. The fourth-order valence-corrected chi connectivity index (χ4v) is 3.26. The van der Waals surface area contributed by atoms with Gasteiger partial charge in [0.15, 0.2) is 0 Å². The Labute approximate surface area is 143 Å². The van der Waals surface area contributed by atoms with Gasteiger partial charge in [0, 0.05) is 16.4 Å². The van der Waals surface area contributed by atoms with E-state index in [1.165, 1.54) is 0 Å². The zero-order valence-electron chi connectivity index (χ0n) is 13.5. The van der Waals surface area contributed by atoms with Crippen molar-refractivity contribution in [2.45, 2.75) is 63.8 Å². The molecule has 0 bridgehead atoms. The van der Waals surface area contributed by atoms with Gasteiger partial charge in [-0.05, 0) is 51.7 Å². The van der Waals surface area contributed by atoms with E-state index in [0.717, 1.165) is 43.5 Å². The largest absolute Gasteiger partial charge is 0.327 e. The lowest BCUT2D eigenvalue weighted by Crippen LogP contribution is -2.38. The smallest absolute Gasteiger partial charge is 0.327 e. The van der Waals surface area contributed by atoms with E-state index in [1.54, 1.807) is 4.90 Å². The van der Waals surface area contributed by atoms with Gasteiger partial charge in [-0.2, -0.15) is 0 Å². The van der Waals surface area contributed by atoms with Crippen molar-refractivity contribution in [2.75, 3.05) is 0 Å². The van der Waals surface area contributed by atoms with Crippen LogP contribution in [0.25, 0.3) is 0 Å². The molecule has 0 radical (unpaired) electrons. The molecule has 122 valence electrons. The lowest BCUT2D eigenvalue weighted by molar-refractivity contribution is 0.230. The summed E-state index contributed by atoms with van der Waals surface area (Å²) in [6.07, 6.45) is 10.8. The molecule has 0 saturated carbocycles. The van der Waals surface area contributed by atoms with E-state index in [2.05, 4.69) is 18.3 Å². The van der Waals surface area contributed by atoms with E-state index < -0.39 is 0 Å². The van der Waals surface area contributed by atoms with E-state index in [1.807, 2.05) is 26.0 Å². The van der Waals surface area contributed by atoms with E-state index >= 15 is 0 Å². The van der Waals surface area contributed by atoms with Crippen molar-refractivity contribution < 1.29 is 4.79 Å². The topological polar surface area (TPSA) is 32.3 Å². The number of nitrogens with zero attached hydrogens (tertiary/aromatic N) is 1. The fourth-order valence-electron chi connectivity index (χ4n) is 3.02. The summed E-state index contributed by atoms with van der Waals surface area (Å²) in [6, 6.07) is -0.101. The highest BCUT2D eigenvalue weighted by Gasteiger charge is 2.44. The normalized spacial score (nSPS) is 28.0. The summed E-state index contributed by atoms with van der Waals surface area (Å²) in [5, 5.41) is 3.66. The van der Waals surface area contributed by atoms with Crippen molar-refractivity contribution in [2.24, 2.45) is 0 Å². The number of carbonyl (C=O) groups is 1. The molecule has 1 aliphatic heterocycles. The molecule has 3 nitrogen and oxygen atoms in total. The molecule has 0 aromatic heterocycles. The third kappa shape index (κ3) is 3.69. The quantitative estimate of drug-likeness (QED) is 0.547. The van der Waals surface area contributed by atoms with Crippen molar-refractivity contribution in [1.29, 1.82) is 0 Å². The number of urea groups is 1. The molecule has 0 spiro atoms. The summed E-state index contributed by atoms with van der Waals surface area (Å²) in [7, 11) is 0. The van der Waals surface area contributed by atoms with Gasteiger partial charge < -0.3 is 5.32 Å². The molecule has 1 N–H and O–H groups in total. The Bertz CT molecular complexity index is 537. The average molecular weight is 343 g/mol. The molecule has 5 heteroatoms. The van der Waals surface area contributed by atoms with Crippen LogP contribution < -0.4 is 5.32 Å². The second kappa shape index (κ2) is 7.10. The van der Waals surface area contributed by atoms with Crippen LogP contribution in [-0.4, -0.2) is 21.8 Å². The number of fused-ring (bicyclic) bond motifs is 1. The van der Waals surface area contributed by atoms with Crippen LogP contribution in [0.3, 0.4) is 0 Å². The molecular formula is C17H24Cl2N2O. The monoisotopic (exact) mass is 342 g/mol. The predicted molar refractivity (Wildman–Crippen MR) is 93.0 cm³/mol. The minimum atomic E-state index is -0.297. The van der Waals surface area contributed by atoms with Gasteiger partial charge >= 0.3 is 6.03 Å². The summed E-state index contributed by atoms with van der Waals surface area (Å²) < 4.78 is 0. The standard InChI is InChI=1S/C17H24Cl2N2O/c1-4-13(19)11-14(10-12(2)18)21-15-8-6-5-7-9-17(15,3)20-16(21)22/h8,10-12H,4-7,9H2,1-3H3,(H,20,22)/b13-11+,14-10+. The molecular weight excluding hydrogens is 319 g/mol. The van der Waals surface area contributed by atoms with Gasteiger partial charge in [-0.3, -0.25) is 4.90 Å². The van der Waals surface area contributed by atoms with Crippen LogP contribution in [0.1, 0.15) is 52.9 Å². The predicted octanol–water partition coefficient (Wildman–Crippen LogP) is 5.27. The number of amides is 2. The van der Waals surface area contributed by atoms with Gasteiger partial charge in [0.1, 0.15) is 0 Å². The van der Waals surface area contributed by atoms with Gasteiger partial charge in [-0.25, -0.2) is 4.79 Å². The fraction of sp³-hybridized carbons (Fsp3) is 0.588. The minimum Gasteiger partial charge on any atom is -0.327 e. The number of nitrogens with one attached hydrogen (secondary N) is 1. The Morgan fingerprint density at radius 1 is 1.55 bits per heavy atom. The molecule has 2 unspecified atom stereocenters. The Morgan fingerprint density at radius 3 is 2.91 bits per heavy atom. The van der Waals surface area contributed by atoms with Crippen molar-refractivity contribution in [3.05, 3.63) is 34.7 Å². The van der Waals surface area contributed by atoms with E-state index in [-0.39, 0.29) is 16.9 Å². The maximum absolute atomic E-state index is 12.6. The van der Waals surface area contributed by atoms with Gasteiger partial charge in [-0.1, -0.05) is 31.0 Å². The van der Waals surface area contributed by atoms with Crippen LogP contribution >= 0.6 is 23.2 Å². The average Bonchev–Trinajstić information content (AvgIpc) is 2.56. The van der Waals surface area contributed by atoms with Crippen molar-refractivity contribution in [3.63, 3.8) is 0 Å². The van der Waals surface area contributed by atoms with Crippen LogP contribution in [0.2, 0.25) is 0 Å². The minimum absolute atomic E-state index is 0.101. The third-order valence-corrected chi connectivity index (χ3v) is 4.66. The highest BCUT2D eigenvalue weighted by Crippen LogP contribution is 2.38. The zero-order valence-corrected chi connectivity index (χ0v) is 15.0. The van der Waals surface area contributed by atoms with E-state index in [9.17, 15) is 4.79 Å². The summed E-state index contributed by atoms with van der Waals surface area (Å²) >= 11 is 12.4. The lowest BCUT2D eigenvalue weighted by atomic mass is 9.94. The van der Waals surface area contributed by atoms with Crippen molar-refractivity contribution in [1.82, 2.24) is 10.2 Å². The van der Waals surface area contributed by atoms with Crippen LogP contribution in [-0.2, 0) is 0 Å². The van der Waals surface area contributed by atoms with Crippen LogP contribution in [0, 0.1) is 0 Å². The summed E-state index contributed by atoms with van der Waals surface area (Å²) in [4.78, 5) is 14.3.